The second-order valence-electron chi connectivity index (χ2n) is 6.16. The van der Waals surface area contributed by atoms with Crippen LogP contribution in [0.5, 0.6) is 0 Å². The molecule has 9 nitrogen and oxygen atoms in total. The van der Waals surface area contributed by atoms with Crippen LogP contribution in [0.1, 0.15) is 40.8 Å². The molecule has 2 aliphatic rings. The Balaban J connectivity index is 1.46. The number of anilines is 2. The summed E-state index contributed by atoms with van der Waals surface area (Å²) in [6.45, 7) is 2.08. The fraction of sp³-hybridized carbons (Fsp3) is 0.438. The van der Waals surface area contributed by atoms with Crippen molar-refractivity contribution in [3.63, 3.8) is 0 Å². The summed E-state index contributed by atoms with van der Waals surface area (Å²) in [5.74, 6) is 1.41. The van der Waals surface area contributed by atoms with Crippen LogP contribution in [0.4, 0.5) is 11.7 Å². The average molecular weight is 339 g/mol. The molecule has 0 spiro atoms. The highest BCUT2D eigenvalue weighted by Gasteiger charge is 2.33. The van der Waals surface area contributed by atoms with Gasteiger partial charge in [0.2, 0.25) is 17.5 Å². The molecule has 128 valence electrons. The summed E-state index contributed by atoms with van der Waals surface area (Å²) < 4.78 is 5.82. The molecule has 1 amide bonds. The van der Waals surface area contributed by atoms with Crippen LogP contribution < -0.4 is 10.6 Å². The molecule has 2 aromatic rings. The molecule has 1 saturated carbocycles. The van der Waals surface area contributed by atoms with E-state index < -0.39 is 0 Å². The number of hydrogen-bond acceptors (Lipinski definition) is 8. The summed E-state index contributed by atoms with van der Waals surface area (Å²) in [4.78, 5) is 28.4. The summed E-state index contributed by atoms with van der Waals surface area (Å²) in [6.07, 6.45) is 5.03. The van der Waals surface area contributed by atoms with E-state index in [9.17, 15) is 10.1 Å². The van der Waals surface area contributed by atoms with Crippen LogP contribution in [0.2, 0.25) is 0 Å². The van der Waals surface area contributed by atoms with Crippen LogP contribution in [-0.4, -0.2) is 51.9 Å². The van der Waals surface area contributed by atoms with Gasteiger partial charge in [0, 0.05) is 44.5 Å². The van der Waals surface area contributed by atoms with Gasteiger partial charge in [0.25, 0.3) is 5.91 Å². The van der Waals surface area contributed by atoms with Crippen molar-refractivity contribution in [1.82, 2.24) is 19.9 Å². The fourth-order valence-electron chi connectivity index (χ4n) is 2.90. The largest absolute Gasteiger partial charge is 0.423 e. The van der Waals surface area contributed by atoms with Gasteiger partial charge in [0.15, 0.2) is 11.5 Å². The number of nitrogens with zero attached hydrogens (tertiary/aromatic N) is 6. The molecule has 2 N–H and O–H groups in total. The van der Waals surface area contributed by atoms with E-state index in [-0.39, 0.29) is 17.4 Å². The first kappa shape index (κ1) is 15.4. The monoisotopic (exact) mass is 339 g/mol. The van der Waals surface area contributed by atoms with E-state index in [1.165, 1.54) is 12.4 Å². The molecule has 1 aliphatic heterocycles. The van der Waals surface area contributed by atoms with Gasteiger partial charge < -0.3 is 20.0 Å². The third-order valence-corrected chi connectivity index (χ3v) is 4.44. The van der Waals surface area contributed by atoms with Crippen molar-refractivity contribution in [2.75, 3.05) is 36.8 Å². The van der Waals surface area contributed by atoms with E-state index in [4.69, 9.17) is 10.2 Å². The lowest BCUT2D eigenvalue weighted by molar-refractivity contribution is 0.0740. The van der Waals surface area contributed by atoms with Gasteiger partial charge in [0.05, 0.1) is 0 Å². The van der Waals surface area contributed by atoms with E-state index >= 15 is 0 Å². The minimum atomic E-state index is -0.234. The summed E-state index contributed by atoms with van der Waals surface area (Å²) >= 11 is 0. The van der Waals surface area contributed by atoms with Crippen molar-refractivity contribution in [3.05, 3.63) is 29.7 Å². The molecule has 2 aromatic heterocycles. The average Bonchev–Trinajstić information content (AvgIpc) is 3.41. The number of amides is 1. The number of oxazole rings is 1. The molecule has 1 aliphatic carbocycles. The van der Waals surface area contributed by atoms with Gasteiger partial charge in [0.1, 0.15) is 6.07 Å². The van der Waals surface area contributed by atoms with Crippen molar-refractivity contribution in [3.8, 4) is 6.07 Å². The summed E-state index contributed by atoms with van der Waals surface area (Å²) in [7, 11) is 0. The van der Waals surface area contributed by atoms with Crippen molar-refractivity contribution < 1.29 is 9.21 Å². The molecule has 0 bridgehead atoms. The van der Waals surface area contributed by atoms with Gasteiger partial charge in [-0.2, -0.15) is 5.26 Å². The molecule has 2 fully saturated rings. The number of aromatic nitrogens is 3. The van der Waals surface area contributed by atoms with E-state index in [1.807, 2.05) is 4.90 Å². The minimum absolute atomic E-state index is 0.131. The van der Waals surface area contributed by atoms with Crippen molar-refractivity contribution in [2.24, 2.45) is 0 Å². The Labute approximate surface area is 144 Å². The highest BCUT2D eigenvalue weighted by Crippen LogP contribution is 2.41. The lowest BCUT2D eigenvalue weighted by Gasteiger charge is -2.34. The van der Waals surface area contributed by atoms with Crippen LogP contribution >= 0.6 is 0 Å². The predicted octanol–water partition coefficient (Wildman–Crippen LogP) is 0.758. The number of nitrogen functional groups attached to an aromatic ring is 1. The highest BCUT2D eigenvalue weighted by molar-refractivity contribution is 5.96. The van der Waals surface area contributed by atoms with Crippen LogP contribution in [0.15, 0.2) is 16.8 Å². The number of nitrogens with two attached hydrogens (primary N) is 1. The Hall–Kier alpha value is -3.15. The van der Waals surface area contributed by atoms with E-state index in [0.29, 0.717) is 49.6 Å². The standard InChI is InChI=1S/C16H17N7O2/c17-9-11-16(25-14(21-11)10-1-2-10)23-7-5-22(6-8-23)15(24)12-13(18)20-4-3-19-12/h3-4,10H,1-2,5-8H2,(H2,18,20). The Bertz CT molecular complexity index is 844. The van der Waals surface area contributed by atoms with E-state index in [1.54, 1.807) is 4.90 Å². The Morgan fingerprint density at radius 2 is 1.96 bits per heavy atom. The summed E-state index contributed by atoms with van der Waals surface area (Å²) in [6, 6.07) is 2.10. The molecule has 0 radical (unpaired) electrons. The molecule has 3 heterocycles. The van der Waals surface area contributed by atoms with Crippen LogP contribution in [0.3, 0.4) is 0 Å². The molecule has 4 rings (SSSR count). The zero-order chi connectivity index (χ0) is 17.4. The number of nitriles is 1. The fourth-order valence-corrected chi connectivity index (χ4v) is 2.90. The van der Waals surface area contributed by atoms with Gasteiger partial charge in [-0.3, -0.25) is 4.79 Å². The van der Waals surface area contributed by atoms with Crippen molar-refractivity contribution >= 4 is 17.6 Å². The predicted molar refractivity (Wildman–Crippen MR) is 87.8 cm³/mol. The second-order valence-corrected chi connectivity index (χ2v) is 6.16. The van der Waals surface area contributed by atoms with Crippen LogP contribution in [0.25, 0.3) is 0 Å². The van der Waals surface area contributed by atoms with E-state index in [2.05, 4.69) is 21.0 Å². The zero-order valence-electron chi connectivity index (χ0n) is 13.6. The molecule has 0 unspecified atom stereocenters. The van der Waals surface area contributed by atoms with Crippen molar-refractivity contribution in [2.45, 2.75) is 18.8 Å². The minimum Gasteiger partial charge on any atom is -0.423 e. The Morgan fingerprint density at radius 1 is 1.24 bits per heavy atom. The van der Waals surface area contributed by atoms with Gasteiger partial charge in [-0.05, 0) is 12.8 Å². The second kappa shape index (κ2) is 6.05. The molecular weight excluding hydrogens is 322 g/mol. The first-order valence-electron chi connectivity index (χ1n) is 8.19. The Morgan fingerprint density at radius 3 is 2.60 bits per heavy atom. The zero-order valence-corrected chi connectivity index (χ0v) is 13.6. The maximum atomic E-state index is 12.5. The SMILES string of the molecule is N#Cc1nc(C2CC2)oc1N1CCN(C(=O)c2nccnc2N)CC1. The number of piperazine rings is 1. The number of rotatable bonds is 3. The number of hydrogen-bond donors (Lipinski definition) is 1. The van der Waals surface area contributed by atoms with Crippen LogP contribution in [0, 0.1) is 11.3 Å². The third-order valence-electron chi connectivity index (χ3n) is 4.44. The topological polar surface area (TPSA) is 125 Å². The van der Waals surface area contributed by atoms with E-state index in [0.717, 1.165) is 12.8 Å². The molecule has 0 atom stereocenters. The van der Waals surface area contributed by atoms with Gasteiger partial charge in [-0.1, -0.05) is 0 Å². The first-order valence-corrected chi connectivity index (χ1v) is 8.19. The lowest BCUT2D eigenvalue weighted by Crippen LogP contribution is -2.49. The molecular formula is C16H17N7O2. The summed E-state index contributed by atoms with van der Waals surface area (Å²) in [5.41, 5.74) is 6.22. The first-order chi connectivity index (χ1) is 12.2. The van der Waals surface area contributed by atoms with Gasteiger partial charge in [-0.25, -0.2) is 15.0 Å². The maximum Gasteiger partial charge on any atom is 0.276 e. The maximum absolute atomic E-state index is 12.5. The Kier molecular flexibility index (Phi) is 3.72. The third kappa shape index (κ3) is 2.87. The highest BCUT2D eigenvalue weighted by atomic mass is 16.4. The summed E-state index contributed by atoms with van der Waals surface area (Å²) in [5, 5.41) is 9.29. The molecule has 25 heavy (non-hydrogen) atoms. The molecule has 9 heteroatoms. The van der Waals surface area contributed by atoms with Crippen LogP contribution in [-0.2, 0) is 0 Å². The number of carbonyl (C=O) groups excluding carboxylic acids is 1. The smallest absolute Gasteiger partial charge is 0.276 e. The quantitative estimate of drug-likeness (QED) is 0.868. The molecule has 1 saturated heterocycles. The van der Waals surface area contributed by atoms with Crippen molar-refractivity contribution in [1.29, 1.82) is 5.26 Å². The normalized spacial score (nSPS) is 17.4. The molecule has 0 aromatic carbocycles. The lowest BCUT2D eigenvalue weighted by atomic mass is 10.2. The van der Waals surface area contributed by atoms with Gasteiger partial charge >= 0.3 is 0 Å². The van der Waals surface area contributed by atoms with Gasteiger partial charge in [-0.15, -0.1) is 0 Å². The number of carbonyl (C=O) groups is 1.